The third kappa shape index (κ3) is 3.50. The van der Waals surface area contributed by atoms with Gasteiger partial charge in [0.2, 0.25) is 0 Å². The zero-order valence-corrected chi connectivity index (χ0v) is 14.9. The van der Waals surface area contributed by atoms with Gasteiger partial charge in [0.15, 0.2) is 6.29 Å². The Bertz CT molecular complexity index is 718. The summed E-state index contributed by atoms with van der Waals surface area (Å²) in [6.07, 6.45) is 2.19. The van der Waals surface area contributed by atoms with E-state index in [-0.39, 0.29) is 12.3 Å². The summed E-state index contributed by atoms with van der Waals surface area (Å²) in [6.45, 7) is 7.79. The molecule has 0 bridgehead atoms. The van der Waals surface area contributed by atoms with Gasteiger partial charge in [0.1, 0.15) is 6.73 Å². The SMILES string of the molecule is C[Si](C)(C)CCOCn1c(Br)c(C=O)c2c(=O)[nH]ncc21. The van der Waals surface area contributed by atoms with Gasteiger partial charge in [-0.2, -0.15) is 5.10 Å². The number of ether oxygens (including phenoxy) is 1. The number of hydrogen-bond donors (Lipinski definition) is 1. The van der Waals surface area contributed by atoms with E-state index in [0.29, 0.717) is 34.0 Å². The molecule has 2 aromatic heterocycles. The van der Waals surface area contributed by atoms with Crippen LogP contribution in [-0.4, -0.2) is 35.7 Å². The maximum absolute atomic E-state index is 11.8. The van der Waals surface area contributed by atoms with Crippen molar-refractivity contribution in [3.63, 3.8) is 0 Å². The topological polar surface area (TPSA) is 77.0 Å². The quantitative estimate of drug-likeness (QED) is 0.480. The fraction of sp³-hybridized carbons (Fsp3) is 0.462. The lowest BCUT2D eigenvalue weighted by molar-refractivity contribution is 0.0886. The third-order valence-electron chi connectivity index (χ3n) is 3.19. The first-order valence-corrected chi connectivity index (χ1v) is 11.1. The number of aromatic amines is 1. The molecule has 0 saturated heterocycles. The molecule has 0 amide bonds. The maximum Gasteiger partial charge on any atom is 0.274 e. The minimum atomic E-state index is -1.14. The summed E-state index contributed by atoms with van der Waals surface area (Å²) in [7, 11) is -1.14. The fourth-order valence-electron chi connectivity index (χ4n) is 1.98. The van der Waals surface area contributed by atoms with Crippen LogP contribution in [0.2, 0.25) is 25.7 Å². The largest absolute Gasteiger partial charge is 0.361 e. The summed E-state index contributed by atoms with van der Waals surface area (Å²) >= 11 is 3.36. The van der Waals surface area contributed by atoms with E-state index in [9.17, 15) is 9.59 Å². The van der Waals surface area contributed by atoms with Crippen LogP contribution < -0.4 is 5.56 Å². The number of aromatic nitrogens is 3. The van der Waals surface area contributed by atoms with Crippen LogP contribution in [0.15, 0.2) is 15.6 Å². The number of H-pyrrole nitrogens is 1. The minimum Gasteiger partial charge on any atom is -0.361 e. The molecule has 0 aliphatic rings. The Kier molecular flexibility index (Phi) is 4.80. The van der Waals surface area contributed by atoms with E-state index in [1.54, 1.807) is 4.57 Å². The highest BCUT2D eigenvalue weighted by Crippen LogP contribution is 2.26. The van der Waals surface area contributed by atoms with Gasteiger partial charge in [0, 0.05) is 14.7 Å². The Labute approximate surface area is 131 Å². The second-order valence-electron chi connectivity index (χ2n) is 6.06. The highest BCUT2D eigenvalue weighted by Gasteiger charge is 2.18. The lowest BCUT2D eigenvalue weighted by Crippen LogP contribution is -2.22. The Balaban J connectivity index is 2.28. The number of carbonyl (C=O) groups is 1. The van der Waals surface area contributed by atoms with Crippen molar-refractivity contribution in [1.82, 2.24) is 14.8 Å². The van der Waals surface area contributed by atoms with Crippen LogP contribution in [0.3, 0.4) is 0 Å². The van der Waals surface area contributed by atoms with Gasteiger partial charge in [-0.3, -0.25) is 9.59 Å². The van der Waals surface area contributed by atoms with Crippen LogP contribution in [0.25, 0.3) is 10.9 Å². The molecule has 21 heavy (non-hydrogen) atoms. The summed E-state index contributed by atoms with van der Waals surface area (Å²) in [4.78, 5) is 23.1. The van der Waals surface area contributed by atoms with E-state index in [1.807, 2.05) is 0 Å². The average molecular weight is 372 g/mol. The molecule has 2 aromatic rings. The van der Waals surface area contributed by atoms with E-state index in [0.717, 1.165) is 6.04 Å². The Morgan fingerprint density at radius 2 is 2.19 bits per heavy atom. The van der Waals surface area contributed by atoms with Crippen molar-refractivity contribution < 1.29 is 9.53 Å². The van der Waals surface area contributed by atoms with Crippen LogP contribution >= 0.6 is 15.9 Å². The second-order valence-corrected chi connectivity index (χ2v) is 12.4. The van der Waals surface area contributed by atoms with Crippen molar-refractivity contribution in [2.75, 3.05) is 6.61 Å². The number of rotatable bonds is 6. The lowest BCUT2D eigenvalue weighted by Gasteiger charge is -2.16. The Morgan fingerprint density at radius 3 is 2.81 bits per heavy atom. The number of halogens is 1. The van der Waals surface area contributed by atoms with E-state index >= 15 is 0 Å². The molecule has 2 rings (SSSR count). The minimum absolute atomic E-state index is 0.278. The molecule has 8 heteroatoms. The normalized spacial score (nSPS) is 12.0. The van der Waals surface area contributed by atoms with Gasteiger partial charge in [0.05, 0.1) is 27.3 Å². The summed E-state index contributed by atoms with van der Waals surface area (Å²) in [6, 6.07) is 1.06. The van der Waals surface area contributed by atoms with E-state index in [4.69, 9.17) is 4.74 Å². The average Bonchev–Trinajstić information content (AvgIpc) is 2.67. The number of aldehydes is 1. The zero-order chi connectivity index (χ0) is 15.6. The number of nitrogens with one attached hydrogen (secondary N) is 1. The molecule has 0 aromatic carbocycles. The first-order chi connectivity index (χ1) is 9.85. The van der Waals surface area contributed by atoms with Gasteiger partial charge >= 0.3 is 0 Å². The van der Waals surface area contributed by atoms with E-state index in [1.165, 1.54) is 6.20 Å². The van der Waals surface area contributed by atoms with Crippen LogP contribution in [0.1, 0.15) is 10.4 Å². The van der Waals surface area contributed by atoms with Gasteiger partial charge in [-0.05, 0) is 22.0 Å². The smallest absolute Gasteiger partial charge is 0.274 e. The summed E-state index contributed by atoms with van der Waals surface area (Å²) in [5.74, 6) is 0. The van der Waals surface area contributed by atoms with Gasteiger partial charge in [0.25, 0.3) is 5.56 Å². The van der Waals surface area contributed by atoms with Crippen molar-refractivity contribution in [3.8, 4) is 0 Å². The first-order valence-electron chi connectivity index (χ1n) is 6.63. The van der Waals surface area contributed by atoms with E-state index in [2.05, 4.69) is 45.8 Å². The molecule has 0 radical (unpaired) electrons. The van der Waals surface area contributed by atoms with Gasteiger partial charge in [-0.15, -0.1) is 0 Å². The third-order valence-corrected chi connectivity index (χ3v) is 5.75. The molecule has 6 nitrogen and oxygen atoms in total. The number of hydrogen-bond acceptors (Lipinski definition) is 4. The van der Waals surface area contributed by atoms with Crippen LogP contribution in [0, 0.1) is 0 Å². The van der Waals surface area contributed by atoms with Crippen molar-refractivity contribution in [1.29, 1.82) is 0 Å². The summed E-state index contributed by atoms with van der Waals surface area (Å²) in [5, 5.41) is 6.46. The molecule has 0 aliphatic carbocycles. The molecular formula is C13H18BrN3O3Si. The highest BCUT2D eigenvalue weighted by molar-refractivity contribution is 9.10. The first kappa shape index (κ1) is 16.1. The lowest BCUT2D eigenvalue weighted by atomic mass is 10.2. The molecule has 1 N–H and O–H groups in total. The van der Waals surface area contributed by atoms with Crippen molar-refractivity contribution in [3.05, 3.63) is 26.7 Å². The molecule has 0 unspecified atom stereocenters. The predicted octanol–water partition coefficient (Wildman–Crippen LogP) is 2.61. The monoisotopic (exact) mass is 371 g/mol. The number of nitrogens with zero attached hydrogens (tertiary/aromatic N) is 2. The zero-order valence-electron chi connectivity index (χ0n) is 12.3. The van der Waals surface area contributed by atoms with Crippen molar-refractivity contribution in [2.45, 2.75) is 32.4 Å². The van der Waals surface area contributed by atoms with Gasteiger partial charge < -0.3 is 9.30 Å². The fourth-order valence-corrected chi connectivity index (χ4v) is 3.32. The van der Waals surface area contributed by atoms with Crippen LogP contribution in [0.4, 0.5) is 0 Å². The molecule has 0 fully saturated rings. The van der Waals surface area contributed by atoms with E-state index < -0.39 is 8.07 Å². The molecule has 0 saturated carbocycles. The predicted molar refractivity (Wildman–Crippen MR) is 87.5 cm³/mol. The Morgan fingerprint density at radius 1 is 1.48 bits per heavy atom. The summed E-state index contributed by atoms with van der Waals surface area (Å²) < 4.78 is 7.98. The molecule has 0 spiro atoms. The Hall–Kier alpha value is -1.25. The van der Waals surface area contributed by atoms with Crippen LogP contribution in [-0.2, 0) is 11.5 Å². The van der Waals surface area contributed by atoms with Crippen molar-refractivity contribution >= 4 is 41.2 Å². The standard InChI is InChI=1S/C13H18BrN3O3Si/c1-21(2,3)5-4-20-8-17-10-6-15-16-13(19)11(10)9(7-18)12(17)14/h6-7H,4-5,8H2,1-3H3,(H,16,19). The molecule has 0 aliphatic heterocycles. The molecule has 114 valence electrons. The summed E-state index contributed by atoms with van der Waals surface area (Å²) in [5.41, 5.74) is 0.527. The second kappa shape index (κ2) is 6.25. The maximum atomic E-state index is 11.8. The molecular weight excluding hydrogens is 354 g/mol. The van der Waals surface area contributed by atoms with Crippen molar-refractivity contribution in [2.24, 2.45) is 0 Å². The van der Waals surface area contributed by atoms with Gasteiger partial charge in [-0.25, -0.2) is 5.10 Å². The highest BCUT2D eigenvalue weighted by atomic mass is 79.9. The molecule has 2 heterocycles. The number of fused-ring (bicyclic) bond motifs is 1. The van der Waals surface area contributed by atoms with Gasteiger partial charge in [-0.1, -0.05) is 19.6 Å². The number of carbonyl (C=O) groups excluding carboxylic acids is 1. The van der Waals surface area contributed by atoms with Crippen LogP contribution in [0.5, 0.6) is 0 Å². The molecule has 0 atom stereocenters.